The minimum atomic E-state index is -4.50. The van der Waals surface area contributed by atoms with Gasteiger partial charge in [-0.2, -0.15) is 13.2 Å². The normalized spacial score (nSPS) is 18.0. The molecule has 0 radical (unpaired) electrons. The third-order valence-corrected chi connectivity index (χ3v) is 6.33. The minimum absolute atomic E-state index is 0.221. The van der Waals surface area contributed by atoms with E-state index in [-0.39, 0.29) is 17.9 Å². The predicted octanol–water partition coefficient (Wildman–Crippen LogP) is 2.89. The average molecular weight is 500 g/mol. The van der Waals surface area contributed by atoms with Gasteiger partial charge in [-0.05, 0) is 35.7 Å². The van der Waals surface area contributed by atoms with Crippen molar-refractivity contribution < 1.29 is 31.5 Å². The van der Waals surface area contributed by atoms with Crippen LogP contribution in [0.3, 0.4) is 0 Å². The van der Waals surface area contributed by atoms with E-state index in [0.717, 1.165) is 18.4 Å². The molecule has 3 rings (SSSR count). The zero-order valence-electron chi connectivity index (χ0n) is 18.9. The number of aliphatic hydroxyl groups is 1. The number of nitrogens with one attached hydrogen (secondary N) is 1. The molecule has 2 atom stereocenters. The summed E-state index contributed by atoms with van der Waals surface area (Å²) in [6.07, 6.45) is -3.56. The zero-order valence-corrected chi connectivity index (χ0v) is 19.7. The van der Waals surface area contributed by atoms with Gasteiger partial charge in [0.05, 0.1) is 30.4 Å². The molecule has 186 valence electrons. The molecule has 1 aliphatic rings. The molecule has 0 aliphatic carbocycles. The van der Waals surface area contributed by atoms with Gasteiger partial charge in [0.15, 0.2) is 0 Å². The third-order valence-electron chi connectivity index (χ3n) is 5.72. The largest absolute Gasteiger partial charge is 0.416 e. The number of rotatable bonds is 8. The summed E-state index contributed by atoms with van der Waals surface area (Å²) in [5.41, 5.74) is 0.428. The summed E-state index contributed by atoms with van der Waals surface area (Å²) < 4.78 is 64.9. The van der Waals surface area contributed by atoms with Gasteiger partial charge < -0.3 is 10.0 Å². The van der Waals surface area contributed by atoms with E-state index < -0.39 is 33.9 Å². The summed E-state index contributed by atoms with van der Waals surface area (Å²) in [5, 5.41) is 9.90. The Bertz CT molecular complexity index is 1120. The number of hydrogen-bond acceptors (Lipinski definition) is 5. The van der Waals surface area contributed by atoms with Gasteiger partial charge in [-0.15, -0.1) is 0 Å². The molecule has 1 fully saturated rings. The van der Waals surface area contributed by atoms with Crippen LogP contribution >= 0.6 is 0 Å². The molecule has 2 aromatic rings. The molecule has 1 aliphatic heterocycles. The first-order valence-electron chi connectivity index (χ1n) is 10.7. The Morgan fingerprint density at radius 3 is 2.56 bits per heavy atom. The molecule has 11 heteroatoms. The molecule has 1 heterocycles. The highest BCUT2D eigenvalue weighted by Gasteiger charge is 2.31. The van der Waals surface area contributed by atoms with E-state index in [1.165, 1.54) is 17.0 Å². The number of nitrogens with zero attached hydrogens (tertiary/aromatic N) is 2. The second-order valence-electron chi connectivity index (χ2n) is 8.60. The van der Waals surface area contributed by atoms with Gasteiger partial charge in [-0.3, -0.25) is 14.4 Å². The molecule has 0 aromatic heterocycles. The molecule has 7 nitrogen and oxygen atoms in total. The van der Waals surface area contributed by atoms with Crippen LogP contribution in [-0.2, 0) is 27.4 Å². The van der Waals surface area contributed by atoms with Crippen molar-refractivity contribution in [2.24, 2.45) is 0 Å². The summed E-state index contributed by atoms with van der Waals surface area (Å²) >= 11 is 0. The van der Waals surface area contributed by atoms with E-state index in [1.54, 1.807) is 31.3 Å². The first-order valence-corrected chi connectivity index (χ1v) is 12.6. The molecular weight excluding hydrogens is 471 g/mol. The standard InChI is InChI=1S/C23H28F3N3O4S/c1-28(22(31)12-16-5-3-7-18(11-16)23(24,25)26)21(15-29-10-9-20(30)14-29)17-6-4-8-19(13-17)27-34(2,32)33/h3-8,11,13,20-21,27,30H,9-10,12,14-15H2,1-2H3. The fourth-order valence-corrected chi connectivity index (χ4v) is 4.58. The molecular formula is C23H28F3N3O4S. The van der Waals surface area contributed by atoms with E-state index >= 15 is 0 Å². The van der Waals surface area contributed by atoms with Gasteiger partial charge in [-0.25, -0.2) is 8.42 Å². The Morgan fingerprint density at radius 2 is 1.94 bits per heavy atom. The smallest absolute Gasteiger partial charge is 0.392 e. The SMILES string of the molecule is CN(C(=O)Cc1cccc(C(F)(F)F)c1)C(CN1CCC(O)C1)c1cccc(NS(C)(=O)=O)c1. The van der Waals surface area contributed by atoms with Crippen LogP contribution in [0.25, 0.3) is 0 Å². The summed E-state index contributed by atoms with van der Waals surface area (Å²) in [5.74, 6) is -0.384. The van der Waals surface area contributed by atoms with Gasteiger partial charge in [0.1, 0.15) is 0 Å². The number of carbonyl (C=O) groups is 1. The number of sulfonamides is 1. The van der Waals surface area contributed by atoms with Crippen molar-refractivity contribution in [1.29, 1.82) is 0 Å². The number of alkyl halides is 3. The molecule has 0 bridgehead atoms. The monoisotopic (exact) mass is 499 g/mol. The summed E-state index contributed by atoms with van der Waals surface area (Å²) in [4.78, 5) is 16.6. The Labute approximate surface area is 197 Å². The lowest BCUT2D eigenvalue weighted by Gasteiger charge is -2.32. The predicted molar refractivity (Wildman–Crippen MR) is 123 cm³/mol. The fraction of sp³-hybridized carbons (Fsp3) is 0.435. The fourth-order valence-electron chi connectivity index (χ4n) is 4.03. The van der Waals surface area contributed by atoms with Gasteiger partial charge in [0.25, 0.3) is 0 Å². The Morgan fingerprint density at radius 1 is 1.24 bits per heavy atom. The zero-order chi connectivity index (χ0) is 25.1. The summed E-state index contributed by atoms with van der Waals surface area (Å²) in [6.45, 7) is 1.45. The second-order valence-corrected chi connectivity index (χ2v) is 10.3. The lowest BCUT2D eigenvalue weighted by molar-refractivity contribution is -0.138. The molecule has 1 amide bonds. The topological polar surface area (TPSA) is 89.9 Å². The maximum Gasteiger partial charge on any atom is 0.416 e. The van der Waals surface area contributed by atoms with E-state index in [0.29, 0.717) is 37.3 Å². The van der Waals surface area contributed by atoms with Crippen molar-refractivity contribution in [1.82, 2.24) is 9.80 Å². The van der Waals surface area contributed by atoms with Gasteiger partial charge in [0.2, 0.25) is 15.9 Å². The summed E-state index contributed by atoms with van der Waals surface area (Å²) in [6, 6.07) is 10.8. The third kappa shape index (κ3) is 7.18. The Balaban J connectivity index is 1.85. The summed E-state index contributed by atoms with van der Waals surface area (Å²) in [7, 11) is -1.94. The van der Waals surface area contributed by atoms with E-state index in [9.17, 15) is 31.5 Å². The van der Waals surface area contributed by atoms with E-state index in [4.69, 9.17) is 0 Å². The number of carbonyl (C=O) groups excluding carboxylic acids is 1. The molecule has 0 saturated carbocycles. The van der Waals surface area contributed by atoms with Crippen LogP contribution in [0.15, 0.2) is 48.5 Å². The molecule has 1 saturated heterocycles. The highest BCUT2D eigenvalue weighted by Crippen LogP contribution is 2.30. The van der Waals surface area contributed by atoms with Gasteiger partial charge in [-0.1, -0.05) is 30.3 Å². The first kappa shape index (κ1) is 26.0. The highest BCUT2D eigenvalue weighted by molar-refractivity contribution is 7.92. The van der Waals surface area contributed by atoms with Crippen molar-refractivity contribution in [3.8, 4) is 0 Å². The minimum Gasteiger partial charge on any atom is -0.392 e. The quantitative estimate of drug-likeness (QED) is 0.583. The molecule has 2 aromatic carbocycles. The number of halogens is 3. The van der Waals surface area contributed by atoms with Crippen LogP contribution in [0, 0.1) is 0 Å². The number of benzene rings is 2. The molecule has 34 heavy (non-hydrogen) atoms. The van der Waals surface area contributed by atoms with Crippen molar-refractivity contribution in [3.63, 3.8) is 0 Å². The number of amides is 1. The average Bonchev–Trinajstić information content (AvgIpc) is 3.15. The Kier molecular flexibility index (Phi) is 7.89. The number of aliphatic hydroxyl groups excluding tert-OH is 1. The second kappa shape index (κ2) is 10.3. The Hall–Kier alpha value is -2.63. The number of likely N-dealkylation sites (N-methyl/N-ethyl adjacent to an activating group) is 1. The van der Waals surface area contributed by atoms with Crippen molar-refractivity contribution in [2.75, 3.05) is 37.7 Å². The lowest BCUT2D eigenvalue weighted by atomic mass is 10.0. The molecule has 2 unspecified atom stereocenters. The van der Waals surface area contributed by atoms with Crippen LogP contribution in [0.4, 0.5) is 18.9 Å². The lowest BCUT2D eigenvalue weighted by Crippen LogP contribution is -2.39. The van der Waals surface area contributed by atoms with Gasteiger partial charge in [0, 0.05) is 32.4 Å². The van der Waals surface area contributed by atoms with Crippen LogP contribution in [0.2, 0.25) is 0 Å². The van der Waals surface area contributed by atoms with Crippen molar-refractivity contribution >= 4 is 21.6 Å². The van der Waals surface area contributed by atoms with Crippen LogP contribution < -0.4 is 4.72 Å². The highest BCUT2D eigenvalue weighted by atomic mass is 32.2. The van der Waals surface area contributed by atoms with Crippen LogP contribution in [0.5, 0.6) is 0 Å². The van der Waals surface area contributed by atoms with Crippen LogP contribution in [-0.4, -0.2) is 68.3 Å². The van der Waals surface area contributed by atoms with Crippen LogP contribution in [0.1, 0.15) is 29.2 Å². The number of likely N-dealkylation sites (tertiary alicyclic amines) is 1. The number of β-amino-alcohol motifs (C(OH)–C–C–N with tert-alkyl or cyclic N) is 1. The van der Waals surface area contributed by atoms with Crippen molar-refractivity contribution in [2.45, 2.75) is 31.2 Å². The first-order chi connectivity index (χ1) is 15.8. The maximum atomic E-state index is 13.1. The number of hydrogen-bond donors (Lipinski definition) is 2. The van der Waals surface area contributed by atoms with E-state index in [2.05, 4.69) is 4.72 Å². The number of anilines is 1. The molecule has 2 N–H and O–H groups in total. The molecule has 0 spiro atoms. The van der Waals surface area contributed by atoms with Gasteiger partial charge >= 0.3 is 6.18 Å². The van der Waals surface area contributed by atoms with Crippen molar-refractivity contribution in [3.05, 3.63) is 65.2 Å². The maximum absolute atomic E-state index is 13.1. The van der Waals surface area contributed by atoms with E-state index in [1.807, 2.05) is 4.90 Å².